The van der Waals surface area contributed by atoms with Gasteiger partial charge in [0.25, 0.3) is 15.8 Å². The Kier molecular flexibility index (Phi) is 5.68. The highest BCUT2D eigenvalue weighted by Gasteiger charge is 2.14. The van der Waals surface area contributed by atoms with Crippen molar-refractivity contribution in [3.05, 3.63) is 70.0 Å². The zero-order valence-electron chi connectivity index (χ0n) is 16.3. The minimum atomic E-state index is -4.52. The Morgan fingerprint density at radius 2 is 1.61 bits per heavy atom. The minimum Gasteiger partial charge on any atom is -0.507 e. The summed E-state index contributed by atoms with van der Waals surface area (Å²) in [6.07, 6.45) is 0. The number of halogens is 1. The summed E-state index contributed by atoms with van der Waals surface area (Å²) in [7, 11) is -4.52. The lowest BCUT2D eigenvalue weighted by Crippen LogP contribution is -2.04. The Morgan fingerprint density at radius 1 is 0.939 bits per heavy atom. The molecule has 4 rings (SSSR count). The molecule has 0 amide bonds. The maximum absolute atomic E-state index is 11.4. The summed E-state index contributed by atoms with van der Waals surface area (Å²) >= 11 is 5.97. The first-order chi connectivity index (χ1) is 15.6. The van der Waals surface area contributed by atoms with Gasteiger partial charge >= 0.3 is 0 Å². The normalized spacial score (nSPS) is 11.3. The molecule has 1 aromatic heterocycles. The van der Waals surface area contributed by atoms with Crippen molar-refractivity contribution in [2.75, 3.05) is 10.6 Å². The lowest BCUT2D eigenvalue weighted by molar-refractivity contribution is -0.384. The van der Waals surface area contributed by atoms with Gasteiger partial charge in [0.05, 0.1) is 9.82 Å². The van der Waals surface area contributed by atoms with Crippen LogP contribution in [0.3, 0.4) is 0 Å². The third-order valence-electron chi connectivity index (χ3n) is 4.38. The van der Waals surface area contributed by atoms with E-state index in [1.54, 1.807) is 12.1 Å². The van der Waals surface area contributed by atoms with Gasteiger partial charge in [-0.05, 0) is 47.3 Å². The second-order valence-electron chi connectivity index (χ2n) is 6.66. The SMILES string of the molecule is O=[N+]([O-])c1cccc(Nc2nc(Cl)nc(Nc3ccc4c(O)cc(S(=O)(=O)O)cc4c3)n2)c1. The molecule has 4 aromatic rings. The van der Waals surface area contributed by atoms with Gasteiger partial charge in [-0.15, -0.1) is 0 Å². The molecule has 0 aliphatic heterocycles. The van der Waals surface area contributed by atoms with E-state index in [1.165, 1.54) is 36.4 Å². The Labute approximate surface area is 190 Å². The molecule has 3 aromatic carbocycles. The van der Waals surface area contributed by atoms with Gasteiger partial charge < -0.3 is 15.7 Å². The van der Waals surface area contributed by atoms with Crippen molar-refractivity contribution < 1.29 is 23.0 Å². The summed E-state index contributed by atoms with van der Waals surface area (Å²) in [5.74, 6) is -0.277. The third kappa shape index (κ3) is 5.06. The van der Waals surface area contributed by atoms with Crippen molar-refractivity contribution in [1.82, 2.24) is 15.0 Å². The summed E-state index contributed by atoms with van der Waals surface area (Å²) < 4.78 is 32.1. The van der Waals surface area contributed by atoms with E-state index in [0.29, 0.717) is 22.1 Å². The van der Waals surface area contributed by atoms with E-state index in [9.17, 15) is 28.2 Å². The number of fused-ring (bicyclic) bond motifs is 1. The first-order valence-corrected chi connectivity index (χ1v) is 10.8. The van der Waals surface area contributed by atoms with Gasteiger partial charge in [0.15, 0.2) is 0 Å². The van der Waals surface area contributed by atoms with E-state index in [4.69, 9.17) is 11.6 Å². The molecule has 14 heteroatoms. The molecule has 0 aliphatic carbocycles. The molecule has 0 saturated carbocycles. The number of aromatic hydroxyl groups is 1. The molecular formula is C19H13ClN6O6S. The molecule has 0 saturated heterocycles. The van der Waals surface area contributed by atoms with E-state index in [-0.39, 0.29) is 28.6 Å². The average molecular weight is 489 g/mol. The fourth-order valence-corrected chi connectivity index (χ4v) is 3.66. The number of aromatic nitrogens is 3. The number of nitro benzene ring substituents is 1. The maximum atomic E-state index is 11.4. The zero-order valence-corrected chi connectivity index (χ0v) is 17.9. The van der Waals surface area contributed by atoms with Crippen LogP contribution in [0.25, 0.3) is 10.8 Å². The van der Waals surface area contributed by atoms with Gasteiger partial charge in [-0.2, -0.15) is 23.4 Å². The Morgan fingerprint density at radius 3 is 2.24 bits per heavy atom. The second-order valence-corrected chi connectivity index (χ2v) is 8.42. The van der Waals surface area contributed by atoms with E-state index in [0.717, 1.165) is 6.07 Å². The lowest BCUT2D eigenvalue weighted by Gasteiger charge is -2.10. The highest BCUT2D eigenvalue weighted by molar-refractivity contribution is 7.85. The maximum Gasteiger partial charge on any atom is 0.294 e. The number of hydrogen-bond acceptors (Lipinski definition) is 10. The topological polar surface area (TPSA) is 180 Å². The number of hydrogen-bond donors (Lipinski definition) is 4. The number of phenolic OH excluding ortho intramolecular Hbond substituents is 1. The average Bonchev–Trinajstić information content (AvgIpc) is 2.72. The number of phenols is 1. The predicted molar refractivity (Wildman–Crippen MR) is 120 cm³/mol. The van der Waals surface area contributed by atoms with Crippen LogP contribution in [-0.2, 0) is 10.1 Å². The summed E-state index contributed by atoms with van der Waals surface area (Å²) in [6.45, 7) is 0. The van der Waals surface area contributed by atoms with Crippen LogP contribution >= 0.6 is 11.6 Å². The van der Waals surface area contributed by atoms with Gasteiger partial charge in [0, 0.05) is 35.0 Å². The van der Waals surface area contributed by atoms with Crippen LogP contribution in [0.15, 0.2) is 59.5 Å². The van der Waals surface area contributed by atoms with E-state index < -0.39 is 19.9 Å². The van der Waals surface area contributed by atoms with Gasteiger partial charge in [-0.25, -0.2) is 0 Å². The highest BCUT2D eigenvalue weighted by Crippen LogP contribution is 2.31. The molecule has 0 spiro atoms. The van der Waals surface area contributed by atoms with Crippen molar-refractivity contribution >= 4 is 61.5 Å². The van der Waals surface area contributed by atoms with Crippen LogP contribution in [0, 0.1) is 10.1 Å². The number of nitrogens with zero attached hydrogens (tertiary/aromatic N) is 4. The van der Waals surface area contributed by atoms with Crippen LogP contribution in [0.1, 0.15) is 0 Å². The predicted octanol–water partition coefficient (Wildman–Crippen LogP) is 4.03. The van der Waals surface area contributed by atoms with Crippen molar-refractivity contribution in [2.45, 2.75) is 4.90 Å². The van der Waals surface area contributed by atoms with E-state index >= 15 is 0 Å². The van der Waals surface area contributed by atoms with Crippen LogP contribution in [0.2, 0.25) is 5.28 Å². The smallest absolute Gasteiger partial charge is 0.294 e. The molecule has 0 radical (unpaired) electrons. The lowest BCUT2D eigenvalue weighted by atomic mass is 10.1. The van der Waals surface area contributed by atoms with Crippen LogP contribution < -0.4 is 10.6 Å². The van der Waals surface area contributed by atoms with Crippen molar-refractivity contribution in [1.29, 1.82) is 0 Å². The zero-order chi connectivity index (χ0) is 23.8. The molecule has 0 fully saturated rings. The minimum absolute atomic E-state index is 0.0186. The third-order valence-corrected chi connectivity index (χ3v) is 5.38. The van der Waals surface area contributed by atoms with E-state index in [2.05, 4.69) is 25.6 Å². The number of rotatable bonds is 6. The standard InChI is InChI=1S/C19H13ClN6O6S/c20-17-23-18(21-11-2-1-3-13(8-11)26(28)29)25-19(24-17)22-12-4-5-15-10(6-12)7-14(9-16(15)27)33(30,31)32/h1-9,27H,(H,30,31,32)(H2,21,22,23,24,25). The molecular weight excluding hydrogens is 476 g/mol. The van der Waals surface area contributed by atoms with Crippen LogP contribution in [-0.4, -0.2) is 38.0 Å². The first kappa shape index (κ1) is 22.1. The molecule has 0 unspecified atom stereocenters. The molecule has 1 heterocycles. The van der Waals surface area contributed by atoms with E-state index in [1.807, 2.05) is 0 Å². The largest absolute Gasteiger partial charge is 0.507 e. The fourth-order valence-electron chi connectivity index (χ4n) is 2.97. The molecule has 0 bridgehead atoms. The molecule has 0 aliphatic rings. The van der Waals surface area contributed by atoms with Gasteiger partial charge in [-0.3, -0.25) is 14.7 Å². The number of anilines is 4. The first-order valence-electron chi connectivity index (χ1n) is 9.03. The van der Waals surface area contributed by atoms with Gasteiger partial charge in [0.2, 0.25) is 17.2 Å². The van der Waals surface area contributed by atoms with Gasteiger partial charge in [0.1, 0.15) is 5.75 Å². The molecule has 4 N–H and O–H groups in total. The number of nitrogens with one attached hydrogen (secondary N) is 2. The Balaban J connectivity index is 1.64. The second kappa shape index (κ2) is 8.46. The van der Waals surface area contributed by atoms with Crippen LogP contribution in [0.4, 0.5) is 29.0 Å². The fraction of sp³-hybridized carbons (Fsp3) is 0. The summed E-state index contributed by atoms with van der Waals surface area (Å²) in [5, 5.41) is 27.2. The Hall–Kier alpha value is -4.07. The molecule has 33 heavy (non-hydrogen) atoms. The molecule has 12 nitrogen and oxygen atoms in total. The van der Waals surface area contributed by atoms with Gasteiger partial charge in [-0.1, -0.05) is 6.07 Å². The van der Waals surface area contributed by atoms with Crippen molar-refractivity contribution in [2.24, 2.45) is 0 Å². The number of benzene rings is 3. The van der Waals surface area contributed by atoms with Crippen LogP contribution in [0.5, 0.6) is 5.75 Å². The summed E-state index contributed by atoms with van der Waals surface area (Å²) in [6, 6.07) is 12.5. The quantitative estimate of drug-likeness (QED) is 0.175. The van der Waals surface area contributed by atoms with Crippen molar-refractivity contribution in [3.63, 3.8) is 0 Å². The summed E-state index contributed by atoms with van der Waals surface area (Å²) in [4.78, 5) is 22.0. The molecule has 0 atom stereocenters. The molecule has 168 valence electrons. The highest BCUT2D eigenvalue weighted by atomic mass is 35.5. The number of nitro groups is 1. The monoisotopic (exact) mass is 488 g/mol. The Bertz CT molecular complexity index is 1510. The number of non-ortho nitro benzene ring substituents is 1. The summed E-state index contributed by atoms with van der Waals surface area (Å²) in [5.41, 5.74) is 0.650. The van der Waals surface area contributed by atoms with Crippen molar-refractivity contribution in [3.8, 4) is 5.75 Å².